The molecule has 8 nitrogen and oxygen atoms in total. The Kier molecular flexibility index (Phi) is 3.44. The Hall–Kier alpha value is -2.90. The van der Waals surface area contributed by atoms with E-state index < -0.39 is 5.76 Å². The molecule has 1 atom stereocenters. The maximum Gasteiger partial charge on any atom is 0.417 e. The van der Waals surface area contributed by atoms with Crippen molar-refractivity contribution in [2.45, 2.75) is 44.2 Å². The number of H-pyrrole nitrogens is 1. The summed E-state index contributed by atoms with van der Waals surface area (Å²) in [6, 6.07) is 5.26. The lowest BCUT2D eigenvalue weighted by Crippen LogP contribution is -2.38. The summed E-state index contributed by atoms with van der Waals surface area (Å²) in [5.74, 6) is -0.0871. The summed E-state index contributed by atoms with van der Waals surface area (Å²) in [4.78, 5) is 29.0. The van der Waals surface area contributed by atoms with Gasteiger partial charge >= 0.3 is 5.76 Å². The average Bonchev–Trinajstić information content (AvgIpc) is 3.04. The zero-order valence-corrected chi connectivity index (χ0v) is 14.2. The number of likely N-dealkylation sites (tertiary alicyclic amines) is 1. The number of nitrogens with one attached hydrogen (secondary N) is 1. The van der Waals surface area contributed by atoms with E-state index >= 15 is 0 Å². The molecule has 2 fully saturated rings. The number of aromatic nitrogens is 4. The Morgan fingerprint density at radius 2 is 2.19 bits per heavy atom. The van der Waals surface area contributed by atoms with Crippen molar-refractivity contribution in [3.05, 3.63) is 46.2 Å². The number of carbonyl (C=O) groups excluding carboxylic acids is 1. The average molecular weight is 353 g/mol. The Bertz CT molecular complexity index is 1030. The highest BCUT2D eigenvalue weighted by Crippen LogP contribution is 2.38. The van der Waals surface area contributed by atoms with Crippen LogP contribution in [0.3, 0.4) is 0 Å². The summed E-state index contributed by atoms with van der Waals surface area (Å²) in [6.07, 6.45) is 6.27. The molecule has 1 amide bonds. The van der Waals surface area contributed by atoms with Gasteiger partial charge in [0.2, 0.25) is 0 Å². The number of fused-ring (bicyclic) bond motifs is 1. The van der Waals surface area contributed by atoms with Crippen molar-refractivity contribution >= 4 is 17.0 Å². The van der Waals surface area contributed by atoms with Gasteiger partial charge in [0.25, 0.3) is 5.91 Å². The van der Waals surface area contributed by atoms with Gasteiger partial charge in [-0.15, -0.1) is 5.10 Å². The van der Waals surface area contributed by atoms with Gasteiger partial charge in [-0.1, -0.05) is 11.3 Å². The molecule has 2 aromatic heterocycles. The summed E-state index contributed by atoms with van der Waals surface area (Å²) in [7, 11) is 0. The number of aromatic amines is 1. The summed E-state index contributed by atoms with van der Waals surface area (Å²) in [6.45, 7) is 1.33. The van der Waals surface area contributed by atoms with Gasteiger partial charge in [0.05, 0.1) is 29.4 Å². The first-order valence-corrected chi connectivity index (χ1v) is 9.02. The minimum atomic E-state index is -0.548. The zero-order valence-electron chi connectivity index (χ0n) is 14.2. The summed E-state index contributed by atoms with van der Waals surface area (Å²) in [5.41, 5.74) is 2.34. The molecule has 3 aromatic rings. The molecule has 134 valence electrons. The van der Waals surface area contributed by atoms with Crippen molar-refractivity contribution in [2.24, 2.45) is 0 Å². The quantitative estimate of drug-likeness (QED) is 0.772. The van der Waals surface area contributed by atoms with Crippen LogP contribution in [0.2, 0.25) is 0 Å². The van der Waals surface area contributed by atoms with Crippen LogP contribution in [-0.4, -0.2) is 43.4 Å². The van der Waals surface area contributed by atoms with Crippen LogP contribution in [0.4, 0.5) is 0 Å². The van der Waals surface area contributed by atoms with Crippen LogP contribution < -0.4 is 5.76 Å². The van der Waals surface area contributed by atoms with Gasteiger partial charge in [0.15, 0.2) is 5.58 Å². The fourth-order valence-electron chi connectivity index (χ4n) is 3.77. The number of amides is 1. The lowest BCUT2D eigenvalue weighted by atomic mass is 10.1. The van der Waals surface area contributed by atoms with E-state index in [4.69, 9.17) is 4.42 Å². The number of hydrogen-bond acceptors (Lipinski definition) is 5. The third kappa shape index (κ3) is 2.61. The van der Waals surface area contributed by atoms with E-state index in [2.05, 4.69) is 15.3 Å². The molecule has 3 heterocycles. The minimum Gasteiger partial charge on any atom is -0.407 e. The van der Waals surface area contributed by atoms with Crippen LogP contribution in [0.5, 0.6) is 0 Å². The molecule has 5 rings (SSSR count). The normalized spacial score (nSPS) is 20.2. The van der Waals surface area contributed by atoms with Crippen molar-refractivity contribution in [2.75, 3.05) is 6.54 Å². The highest BCUT2D eigenvalue weighted by atomic mass is 16.4. The molecule has 8 heteroatoms. The first kappa shape index (κ1) is 15.4. The van der Waals surface area contributed by atoms with Crippen LogP contribution >= 0.6 is 0 Å². The first-order chi connectivity index (χ1) is 12.7. The van der Waals surface area contributed by atoms with Crippen LogP contribution in [0.15, 0.2) is 33.6 Å². The topological polar surface area (TPSA) is 97.0 Å². The van der Waals surface area contributed by atoms with E-state index in [9.17, 15) is 9.59 Å². The minimum absolute atomic E-state index is 0.0668. The Labute approximate surface area is 148 Å². The number of hydrogen-bond donors (Lipinski definition) is 1. The first-order valence-electron chi connectivity index (χ1n) is 9.02. The fourth-order valence-corrected chi connectivity index (χ4v) is 3.77. The van der Waals surface area contributed by atoms with Crippen molar-refractivity contribution in [3.8, 4) is 0 Å². The molecular weight excluding hydrogens is 334 g/mol. The molecular formula is C18H19N5O3. The van der Waals surface area contributed by atoms with Gasteiger partial charge in [-0.25, -0.2) is 4.79 Å². The Morgan fingerprint density at radius 1 is 1.31 bits per heavy atom. The van der Waals surface area contributed by atoms with Gasteiger partial charge in [-0.2, -0.15) is 0 Å². The number of para-hydroxylation sites is 1. The van der Waals surface area contributed by atoms with Gasteiger partial charge in [0.1, 0.15) is 0 Å². The zero-order chi connectivity index (χ0) is 17.7. The monoisotopic (exact) mass is 353 g/mol. The van der Waals surface area contributed by atoms with E-state index in [1.807, 2.05) is 15.8 Å². The van der Waals surface area contributed by atoms with Gasteiger partial charge in [0, 0.05) is 18.7 Å². The van der Waals surface area contributed by atoms with Crippen molar-refractivity contribution in [1.29, 1.82) is 0 Å². The van der Waals surface area contributed by atoms with Crippen LogP contribution in [0.1, 0.15) is 47.7 Å². The molecule has 1 aliphatic heterocycles. The third-order valence-electron chi connectivity index (χ3n) is 5.26. The predicted molar refractivity (Wildman–Crippen MR) is 92.9 cm³/mol. The van der Waals surface area contributed by atoms with Crippen LogP contribution in [-0.2, 0) is 6.54 Å². The third-order valence-corrected chi connectivity index (χ3v) is 5.26. The van der Waals surface area contributed by atoms with Gasteiger partial charge in [-0.3, -0.25) is 14.5 Å². The lowest BCUT2D eigenvalue weighted by molar-refractivity contribution is 0.0722. The number of carbonyl (C=O) groups is 1. The molecule has 26 heavy (non-hydrogen) atoms. The molecule has 1 saturated carbocycles. The van der Waals surface area contributed by atoms with E-state index in [0.29, 0.717) is 35.7 Å². The SMILES string of the molecule is O=C(c1cccc2[nH]c(=O)oc12)N1CCC[C@H]1Cn1cc(C2CC2)nn1. The summed E-state index contributed by atoms with van der Waals surface area (Å²) < 4.78 is 7.03. The van der Waals surface area contributed by atoms with Crippen molar-refractivity contribution < 1.29 is 9.21 Å². The molecule has 1 saturated heterocycles. The van der Waals surface area contributed by atoms with Crippen LogP contribution in [0, 0.1) is 0 Å². The van der Waals surface area contributed by atoms with Crippen molar-refractivity contribution in [3.63, 3.8) is 0 Å². The molecule has 2 aliphatic rings. The van der Waals surface area contributed by atoms with E-state index in [0.717, 1.165) is 18.5 Å². The fraction of sp³-hybridized carbons (Fsp3) is 0.444. The Morgan fingerprint density at radius 3 is 3.04 bits per heavy atom. The summed E-state index contributed by atoms with van der Waals surface area (Å²) in [5, 5.41) is 8.47. The molecule has 1 aliphatic carbocycles. The summed E-state index contributed by atoms with van der Waals surface area (Å²) >= 11 is 0. The second-order valence-corrected chi connectivity index (χ2v) is 7.13. The largest absolute Gasteiger partial charge is 0.417 e. The smallest absolute Gasteiger partial charge is 0.407 e. The number of nitrogens with zero attached hydrogens (tertiary/aromatic N) is 4. The molecule has 1 aromatic carbocycles. The van der Waals surface area contributed by atoms with Gasteiger partial charge in [-0.05, 0) is 37.8 Å². The molecule has 0 unspecified atom stereocenters. The highest BCUT2D eigenvalue weighted by Gasteiger charge is 2.32. The van der Waals surface area contributed by atoms with Crippen molar-refractivity contribution in [1.82, 2.24) is 24.9 Å². The van der Waals surface area contributed by atoms with Crippen LogP contribution in [0.25, 0.3) is 11.1 Å². The molecule has 0 radical (unpaired) electrons. The number of rotatable bonds is 4. The number of oxazole rings is 1. The molecule has 1 N–H and O–H groups in total. The second-order valence-electron chi connectivity index (χ2n) is 7.13. The maximum absolute atomic E-state index is 13.1. The van der Waals surface area contributed by atoms with E-state index in [1.165, 1.54) is 12.8 Å². The Balaban J connectivity index is 1.40. The number of benzene rings is 1. The highest BCUT2D eigenvalue weighted by molar-refractivity contribution is 6.04. The van der Waals surface area contributed by atoms with E-state index in [1.54, 1.807) is 18.2 Å². The van der Waals surface area contributed by atoms with Gasteiger partial charge < -0.3 is 9.32 Å². The lowest BCUT2D eigenvalue weighted by Gasteiger charge is -2.24. The molecule has 0 bridgehead atoms. The standard InChI is InChI=1S/C18H19N5O3/c24-17(13-4-1-5-14-16(13)26-18(25)19-14)23-8-2-3-12(23)9-22-10-15(20-21-22)11-6-7-11/h1,4-5,10-12H,2-3,6-9H2,(H,19,25)/t12-/m0/s1. The second kappa shape index (κ2) is 5.82. The predicted octanol–water partition coefficient (Wildman–Crippen LogP) is 1.89. The maximum atomic E-state index is 13.1. The van der Waals surface area contributed by atoms with E-state index in [-0.39, 0.29) is 11.9 Å². The molecule has 0 spiro atoms.